The Kier molecular flexibility index (Phi) is 5.31. The topological polar surface area (TPSA) is 70.5 Å². The highest BCUT2D eigenvalue weighted by molar-refractivity contribution is 5.92. The summed E-state index contributed by atoms with van der Waals surface area (Å²) in [6, 6.07) is 3.77. The number of pyridine rings is 1. The fraction of sp³-hybridized carbons (Fsp3) is 0.562. The monoisotopic (exact) mass is 290 g/mol. The van der Waals surface area contributed by atoms with Gasteiger partial charge in [0.15, 0.2) is 0 Å². The van der Waals surface area contributed by atoms with Crippen LogP contribution in [0.1, 0.15) is 48.7 Å². The molecule has 2 rings (SSSR count). The van der Waals surface area contributed by atoms with E-state index in [0.717, 1.165) is 31.4 Å². The lowest BCUT2D eigenvalue weighted by atomic mass is 9.93. The number of carboxylic acids is 1. The molecule has 1 aromatic heterocycles. The number of piperidine rings is 1. The van der Waals surface area contributed by atoms with Crippen molar-refractivity contribution in [2.45, 2.75) is 39.0 Å². The Hall–Kier alpha value is -1.91. The number of aromatic nitrogens is 1. The number of amides is 1. The Morgan fingerprint density at radius 1 is 1.48 bits per heavy atom. The summed E-state index contributed by atoms with van der Waals surface area (Å²) in [7, 11) is 0. The van der Waals surface area contributed by atoms with Crippen LogP contribution in [0.15, 0.2) is 18.3 Å². The molecule has 0 aromatic carbocycles. The third kappa shape index (κ3) is 4.28. The predicted molar refractivity (Wildman–Crippen MR) is 79.1 cm³/mol. The molecule has 0 radical (unpaired) electrons. The van der Waals surface area contributed by atoms with Crippen LogP contribution in [-0.2, 0) is 11.2 Å². The van der Waals surface area contributed by atoms with E-state index >= 15 is 0 Å². The Labute approximate surface area is 125 Å². The fourth-order valence-corrected chi connectivity index (χ4v) is 2.79. The number of rotatable bonds is 5. The molecular weight excluding hydrogens is 268 g/mol. The molecule has 1 atom stereocenters. The summed E-state index contributed by atoms with van der Waals surface area (Å²) in [5.74, 6) is -0.519. The van der Waals surface area contributed by atoms with E-state index in [-0.39, 0.29) is 18.2 Å². The maximum absolute atomic E-state index is 12.5. The Balaban J connectivity index is 1.99. The van der Waals surface area contributed by atoms with Gasteiger partial charge in [0, 0.05) is 25.7 Å². The van der Waals surface area contributed by atoms with Crippen LogP contribution in [0.4, 0.5) is 0 Å². The van der Waals surface area contributed by atoms with Crippen LogP contribution in [0.3, 0.4) is 0 Å². The highest BCUT2D eigenvalue weighted by Crippen LogP contribution is 2.22. The molecule has 1 aliphatic heterocycles. The first kappa shape index (κ1) is 15.5. The average Bonchev–Trinajstić information content (AvgIpc) is 2.52. The fourth-order valence-electron chi connectivity index (χ4n) is 2.79. The van der Waals surface area contributed by atoms with Crippen molar-refractivity contribution in [3.63, 3.8) is 0 Å². The summed E-state index contributed by atoms with van der Waals surface area (Å²) in [5.41, 5.74) is 1.60. The minimum Gasteiger partial charge on any atom is -0.481 e. The molecule has 5 nitrogen and oxygen atoms in total. The van der Waals surface area contributed by atoms with E-state index in [9.17, 15) is 9.59 Å². The van der Waals surface area contributed by atoms with Crippen molar-refractivity contribution in [2.24, 2.45) is 5.92 Å². The standard InChI is InChI=1S/C16H22N2O3/c1-2-12-7-8-17-14(10-12)16(21)18-9-3-4-13(11-18)5-6-15(19)20/h7-8,10,13H,2-6,9,11H2,1H3,(H,19,20). The number of nitrogens with zero attached hydrogens (tertiary/aromatic N) is 2. The van der Waals surface area contributed by atoms with Gasteiger partial charge in [-0.25, -0.2) is 0 Å². The summed E-state index contributed by atoms with van der Waals surface area (Å²) in [4.78, 5) is 29.2. The van der Waals surface area contributed by atoms with Crippen LogP contribution in [0.5, 0.6) is 0 Å². The number of carbonyl (C=O) groups excluding carboxylic acids is 1. The molecule has 2 heterocycles. The van der Waals surface area contributed by atoms with Gasteiger partial charge in [-0.15, -0.1) is 0 Å². The van der Waals surface area contributed by atoms with Crippen molar-refractivity contribution in [2.75, 3.05) is 13.1 Å². The van der Waals surface area contributed by atoms with Crippen molar-refractivity contribution in [1.82, 2.24) is 9.88 Å². The zero-order chi connectivity index (χ0) is 15.2. The van der Waals surface area contributed by atoms with Crippen LogP contribution in [-0.4, -0.2) is 40.0 Å². The first-order chi connectivity index (χ1) is 10.1. The Morgan fingerprint density at radius 2 is 2.29 bits per heavy atom. The zero-order valence-electron chi connectivity index (χ0n) is 12.4. The van der Waals surface area contributed by atoms with Crippen LogP contribution >= 0.6 is 0 Å². The smallest absolute Gasteiger partial charge is 0.303 e. The van der Waals surface area contributed by atoms with Crippen molar-refractivity contribution in [1.29, 1.82) is 0 Å². The number of aliphatic carboxylic acids is 1. The first-order valence-electron chi connectivity index (χ1n) is 7.56. The van der Waals surface area contributed by atoms with Crippen molar-refractivity contribution in [3.8, 4) is 0 Å². The first-order valence-corrected chi connectivity index (χ1v) is 7.56. The van der Waals surface area contributed by atoms with E-state index in [1.807, 2.05) is 24.0 Å². The van der Waals surface area contributed by atoms with Crippen molar-refractivity contribution >= 4 is 11.9 Å². The summed E-state index contributed by atoms with van der Waals surface area (Å²) in [5, 5.41) is 8.76. The van der Waals surface area contributed by atoms with Crippen LogP contribution in [0.25, 0.3) is 0 Å². The summed E-state index contributed by atoms with van der Waals surface area (Å²) < 4.78 is 0. The molecule has 1 saturated heterocycles. The summed E-state index contributed by atoms with van der Waals surface area (Å²) in [6.45, 7) is 3.43. The molecule has 1 fully saturated rings. The largest absolute Gasteiger partial charge is 0.481 e. The van der Waals surface area contributed by atoms with Gasteiger partial charge in [-0.3, -0.25) is 14.6 Å². The van der Waals surface area contributed by atoms with Gasteiger partial charge in [0.1, 0.15) is 5.69 Å². The van der Waals surface area contributed by atoms with Gasteiger partial charge in [0.25, 0.3) is 5.91 Å². The molecule has 0 bridgehead atoms. The lowest BCUT2D eigenvalue weighted by Gasteiger charge is -2.32. The van der Waals surface area contributed by atoms with E-state index in [0.29, 0.717) is 18.7 Å². The highest BCUT2D eigenvalue weighted by Gasteiger charge is 2.25. The molecule has 1 aromatic rings. The molecule has 0 aliphatic carbocycles. The second-order valence-electron chi connectivity index (χ2n) is 5.59. The molecule has 21 heavy (non-hydrogen) atoms. The van der Waals surface area contributed by atoms with Crippen molar-refractivity contribution < 1.29 is 14.7 Å². The minimum atomic E-state index is -0.768. The lowest BCUT2D eigenvalue weighted by Crippen LogP contribution is -2.40. The molecule has 1 aliphatic rings. The second-order valence-corrected chi connectivity index (χ2v) is 5.59. The van der Waals surface area contributed by atoms with E-state index in [1.54, 1.807) is 6.20 Å². The van der Waals surface area contributed by atoms with Gasteiger partial charge >= 0.3 is 5.97 Å². The highest BCUT2D eigenvalue weighted by atomic mass is 16.4. The maximum Gasteiger partial charge on any atom is 0.303 e. The number of likely N-dealkylation sites (tertiary alicyclic amines) is 1. The zero-order valence-corrected chi connectivity index (χ0v) is 12.4. The van der Waals surface area contributed by atoms with E-state index in [2.05, 4.69) is 4.98 Å². The molecule has 1 amide bonds. The Morgan fingerprint density at radius 3 is 3.00 bits per heavy atom. The summed E-state index contributed by atoms with van der Waals surface area (Å²) in [6.07, 6.45) is 5.31. The molecule has 1 N–H and O–H groups in total. The van der Waals surface area contributed by atoms with Gasteiger partial charge in [-0.2, -0.15) is 0 Å². The number of aryl methyl sites for hydroxylation is 1. The van der Waals surface area contributed by atoms with Gasteiger partial charge in [-0.1, -0.05) is 6.92 Å². The average molecular weight is 290 g/mol. The van der Waals surface area contributed by atoms with Gasteiger partial charge in [-0.05, 0) is 49.3 Å². The molecular formula is C16H22N2O3. The van der Waals surface area contributed by atoms with Gasteiger partial charge in [0.2, 0.25) is 0 Å². The van der Waals surface area contributed by atoms with Gasteiger partial charge in [0.05, 0.1) is 0 Å². The molecule has 114 valence electrons. The van der Waals surface area contributed by atoms with Crippen LogP contribution in [0, 0.1) is 5.92 Å². The second kappa shape index (κ2) is 7.20. The number of carboxylic acid groups (broad SMARTS) is 1. The predicted octanol–water partition coefficient (Wildman–Crippen LogP) is 2.36. The Bertz CT molecular complexity index is 516. The van der Waals surface area contributed by atoms with Crippen molar-refractivity contribution in [3.05, 3.63) is 29.6 Å². The third-order valence-corrected chi connectivity index (χ3v) is 4.02. The summed E-state index contributed by atoms with van der Waals surface area (Å²) >= 11 is 0. The minimum absolute atomic E-state index is 0.0367. The number of carbonyl (C=O) groups is 2. The SMILES string of the molecule is CCc1ccnc(C(=O)N2CCCC(CCC(=O)O)C2)c1. The third-order valence-electron chi connectivity index (χ3n) is 4.02. The van der Waals surface area contributed by atoms with Gasteiger partial charge < -0.3 is 10.0 Å². The van der Waals surface area contributed by atoms with E-state index < -0.39 is 5.97 Å². The quantitative estimate of drug-likeness (QED) is 0.903. The van der Waals surface area contributed by atoms with E-state index in [4.69, 9.17) is 5.11 Å². The van der Waals surface area contributed by atoms with E-state index in [1.165, 1.54) is 0 Å². The normalized spacial score (nSPS) is 18.5. The maximum atomic E-state index is 12.5. The lowest BCUT2D eigenvalue weighted by molar-refractivity contribution is -0.137. The molecule has 0 saturated carbocycles. The number of hydrogen-bond donors (Lipinski definition) is 1. The number of hydrogen-bond acceptors (Lipinski definition) is 3. The molecule has 0 spiro atoms. The molecule has 1 unspecified atom stereocenters. The molecule has 5 heteroatoms. The van der Waals surface area contributed by atoms with Crippen LogP contribution < -0.4 is 0 Å². The van der Waals surface area contributed by atoms with Crippen LogP contribution in [0.2, 0.25) is 0 Å².